The number of carbonyl (C=O) groups excluding carboxylic acids is 2. The quantitative estimate of drug-likeness (QED) is 0.869. The Hall–Kier alpha value is -2.04. The molecule has 2 amide bonds. The van der Waals surface area contributed by atoms with Gasteiger partial charge in [-0.1, -0.05) is 19.1 Å². The van der Waals surface area contributed by atoms with Crippen molar-refractivity contribution in [1.29, 1.82) is 0 Å². The van der Waals surface area contributed by atoms with Crippen LogP contribution in [0.4, 0.5) is 5.69 Å². The predicted octanol–water partition coefficient (Wildman–Crippen LogP) is 2.28. The number of piperidine rings is 1. The summed E-state index contributed by atoms with van der Waals surface area (Å²) in [7, 11) is 0. The Morgan fingerprint density at radius 1 is 1.29 bits per heavy atom. The maximum absolute atomic E-state index is 12.2. The minimum Gasteiger partial charge on any atom is -0.492 e. The zero-order valence-electron chi connectivity index (χ0n) is 12.6. The van der Waals surface area contributed by atoms with Crippen molar-refractivity contribution in [3.63, 3.8) is 0 Å². The maximum atomic E-state index is 12.2. The fourth-order valence-electron chi connectivity index (χ4n) is 2.38. The summed E-state index contributed by atoms with van der Waals surface area (Å²) in [5.74, 6) is 0.133. The molecule has 1 fully saturated rings. The molecule has 0 unspecified atom stereocenters. The molecule has 1 aromatic carbocycles. The lowest BCUT2D eigenvalue weighted by atomic mass is 9.99. The number of ether oxygens (including phenoxy) is 1. The first-order valence-electron chi connectivity index (χ1n) is 7.44. The smallest absolute Gasteiger partial charge is 0.314 e. The molecule has 1 heterocycles. The van der Waals surface area contributed by atoms with Crippen molar-refractivity contribution in [1.82, 2.24) is 4.90 Å². The van der Waals surface area contributed by atoms with Crippen LogP contribution in [0, 0.1) is 5.92 Å². The van der Waals surface area contributed by atoms with Crippen LogP contribution >= 0.6 is 0 Å². The highest BCUT2D eigenvalue weighted by atomic mass is 16.5. The molecular weight excluding hydrogens is 268 g/mol. The SMILES string of the molecule is CCOc1ccccc1NC(=O)C(=O)N1CCC(C)CC1. The Morgan fingerprint density at radius 2 is 1.95 bits per heavy atom. The Balaban J connectivity index is 1.99. The standard InChI is InChI=1S/C16H22N2O3/c1-3-21-14-7-5-4-6-13(14)17-15(19)16(20)18-10-8-12(2)9-11-18/h4-7,12H,3,8-11H2,1-2H3,(H,17,19). The molecule has 0 saturated carbocycles. The summed E-state index contributed by atoms with van der Waals surface area (Å²) >= 11 is 0. The molecular formula is C16H22N2O3. The fourth-order valence-corrected chi connectivity index (χ4v) is 2.38. The number of anilines is 1. The monoisotopic (exact) mass is 290 g/mol. The molecule has 0 radical (unpaired) electrons. The van der Waals surface area contributed by atoms with Crippen LogP contribution < -0.4 is 10.1 Å². The number of carbonyl (C=O) groups is 2. The van der Waals surface area contributed by atoms with Gasteiger partial charge >= 0.3 is 11.8 Å². The van der Waals surface area contributed by atoms with E-state index >= 15 is 0 Å². The first-order valence-corrected chi connectivity index (χ1v) is 7.44. The number of hydrogen-bond acceptors (Lipinski definition) is 3. The van der Waals surface area contributed by atoms with E-state index in [1.165, 1.54) is 0 Å². The molecule has 21 heavy (non-hydrogen) atoms. The summed E-state index contributed by atoms with van der Waals surface area (Å²) in [6.45, 7) is 5.85. The molecule has 0 aliphatic carbocycles. The van der Waals surface area contributed by atoms with Crippen LogP contribution in [-0.4, -0.2) is 36.4 Å². The van der Waals surface area contributed by atoms with E-state index in [1.54, 1.807) is 23.1 Å². The Labute approximate surface area is 125 Å². The minimum atomic E-state index is -0.600. The average molecular weight is 290 g/mol. The van der Waals surface area contributed by atoms with E-state index in [0.29, 0.717) is 37.1 Å². The van der Waals surface area contributed by atoms with Crippen molar-refractivity contribution in [3.05, 3.63) is 24.3 Å². The van der Waals surface area contributed by atoms with Gasteiger partial charge in [0.05, 0.1) is 12.3 Å². The number of para-hydroxylation sites is 2. The number of benzene rings is 1. The van der Waals surface area contributed by atoms with E-state index < -0.39 is 11.8 Å². The first kappa shape index (κ1) is 15.4. The fraction of sp³-hybridized carbons (Fsp3) is 0.500. The lowest BCUT2D eigenvalue weighted by Crippen LogP contribution is -2.43. The predicted molar refractivity (Wildman–Crippen MR) is 81.2 cm³/mol. The molecule has 1 aromatic rings. The second-order valence-electron chi connectivity index (χ2n) is 5.36. The number of nitrogens with one attached hydrogen (secondary N) is 1. The molecule has 1 N–H and O–H groups in total. The Morgan fingerprint density at radius 3 is 2.62 bits per heavy atom. The zero-order chi connectivity index (χ0) is 15.2. The molecule has 2 rings (SSSR count). The van der Waals surface area contributed by atoms with E-state index in [1.807, 2.05) is 13.0 Å². The number of likely N-dealkylation sites (tertiary alicyclic amines) is 1. The van der Waals surface area contributed by atoms with Crippen LogP contribution in [0.2, 0.25) is 0 Å². The Bertz CT molecular complexity index is 508. The van der Waals surface area contributed by atoms with E-state index in [4.69, 9.17) is 4.74 Å². The van der Waals surface area contributed by atoms with E-state index in [0.717, 1.165) is 12.8 Å². The summed E-state index contributed by atoms with van der Waals surface area (Å²) in [5.41, 5.74) is 0.531. The summed E-state index contributed by atoms with van der Waals surface area (Å²) in [4.78, 5) is 25.9. The van der Waals surface area contributed by atoms with E-state index in [2.05, 4.69) is 12.2 Å². The third-order valence-corrected chi connectivity index (χ3v) is 3.70. The topological polar surface area (TPSA) is 58.6 Å². The van der Waals surface area contributed by atoms with Gasteiger partial charge in [-0.2, -0.15) is 0 Å². The van der Waals surface area contributed by atoms with Crippen LogP contribution in [0.5, 0.6) is 5.75 Å². The molecule has 5 nitrogen and oxygen atoms in total. The Kier molecular flexibility index (Phi) is 5.20. The second kappa shape index (κ2) is 7.11. The van der Waals surface area contributed by atoms with Gasteiger partial charge in [0.25, 0.3) is 0 Å². The van der Waals surface area contributed by atoms with Gasteiger partial charge < -0.3 is 15.0 Å². The lowest BCUT2D eigenvalue weighted by Gasteiger charge is -2.29. The van der Waals surface area contributed by atoms with Gasteiger partial charge in [0.15, 0.2) is 0 Å². The third kappa shape index (κ3) is 3.97. The van der Waals surface area contributed by atoms with Gasteiger partial charge in [-0.15, -0.1) is 0 Å². The highest BCUT2D eigenvalue weighted by Crippen LogP contribution is 2.24. The van der Waals surface area contributed by atoms with E-state index in [9.17, 15) is 9.59 Å². The number of hydrogen-bond donors (Lipinski definition) is 1. The molecule has 114 valence electrons. The molecule has 0 atom stereocenters. The van der Waals surface area contributed by atoms with Crippen LogP contribution in [0.3, 0.4) is 0 Å². The van der Waals surface area contributed by atoms with Gasteiger partial charge in [-0.3, -0.25) is 9.59 Å². The van der Waals surface area contributed by atoms with E-state index in [-0.39, 0.29) is 0 Å². The van der Waals surface area contributed by atoms with Gasteiger partial charge in [0.2, 0.25) is 0 Å². The summed E-state index contributed by atoms with van der Waals surface area (Å²) in [5, 5.41) is 2.65. The number of nitrogens with zero attached hydrogens (tertiary/aromatic N) is 1. The van der Waals surface area contributed by atoms with Crippen molar-refractivity contribution < 1.29 is 14.3 Å². The highest BCUT2D eigenvalue weighted by Gasteiger charge is 2.26. The van der Waals surface area contributed by atoms with Crippen molar-refractivity contribution >= 4 is 17.5 Å². The molecule has 5 heteroatoms. The first-order chi connectivity index (χ1) is 10.1. The zero-order valence-corrected chi connectivity index (χ0v) is 12.6. The van der Waals surface area contributed by atoms with Crippen molar-refractivity contribution in [2.75, 3.05) is 25.0 Å². The molecule has 0 spiro atoms. The molecule has 1 saturated heterocycles. The summed E-state index contributed by atoms with van der Waals surface area (Å²) in [6, 6.07) is 7.13. The summed E-state index contributed by atoms with van der Waals surface area (Å²) < 4.78 is 5.44. The van der Waals surface area contributed by atoms with Gasteiger partial charge in [-0.25, -0.2) is 0 Å². The number of amides is 2. The lowest BCUT2D eigenvalue weighted by molar-refractivity contribution is -0.144. The minimum absolute atomic E-state index is 0.465. The van der Waals surface area contributed by atoms with Gasteiger partial charge in [0, 0.05) is 13.1 Å². The van der Waals surface area contributed by atoms with Crippen molar-refractivity contribution in [2.24, 2.45) is 5.92 Å². The normalized spacial score (nSPS) is 15.6. The number of rotatable bonds is 3. The molecule has 1 aliphatic heterocycles. The largest absolute Gasteiger partial charge is 0.492 e. The molecule has 0 bridgehead atoms. The van der Waals surface area contributed by atoms with Crippen LogP contribution in [-0.2, 0) is 9.59 Å². The van der Waals surface area contributed by atoms with Crippen molar-refractivity contribution in [3.8, 4) is 5.75 Å². The average Bonchev–Trinajstić information content (AvgIpc) is 2.49. The van der Waals surface area contributed by atoms with Crippen LogP contribution in [0.15, 0.2) is 24.3 Å². The highest BCUT2D eigenvalue weighted by molar-refractivity contribution is 6.39. The van der Waals surface area contributed by atoms with Gasteiger partial charge in [-0.05, 0) is 37.8 Å². The second-order valence-corrected chi connectivity index (χ2v) is 5.36. The maximum Gasteiger partial charge on any atom is 0.314 e. The molecule has 1 aliphatic rings. The van der Waals surface area contributed by atoms with Gasteiger partial charge in [0.1, 0.15) is 5.75 Å². The third-order valence-electron chi connectivity index (χ3n) is 3.70. The molecule has 0 aromatic heterocycles. The van der Waals surface area contributed by atoms with Crippen molar-refractivity contribution in [2.45, 2.75) is 26.7 Å². The van der Waals surface area contributed by atoms with Crippen LogP contribution in [0.1, 0.15) is 26.7 Å². The summed E-state index contributed by atoms with van der Waals surface area (Å²) in [6.07, 6.45) is 1.91. The van der Waals surface area contributed by atoms with Crippen LogP contribution in [0.25, 0.3) is 0 Å².